The molecule has 0 spiro atoms. The molecule has 20 heavy (non-hydrogen) atoms. The van der Waals surface area contributed by atoms with E-state index in [4.69, 9.17) is 4.42 Å². The molecule has 0 atom stereocenters. The molecule has 2 heterocycles. The highest BCUT2D eigenvalue weighted by Gasteiger charge is 2.21. The highest BCUT2D eigenvalue weighted by atomic mass is 79.9. The van der Waals surface area contributed by atoms with Crippen molar-refractivity contribution >= 4 is 37.3 Å². The molecule has 0 fully saturated rings. The van der Waals surface area contributed by atoms with Gasteiger partial charge in [-0.1, -0.05) is 0 Å². The summed E-state index contributed by atoms with van der Waals surface area (Å²) < 4.78 is 32.5. The van der Waals surface area contributed by atoms with Gasteiger partial charge in [-0.25, -0.2) is 13.1 Å². The number of halogens is 1. The maximum absolute atomic E-state index is 12.2. The molecule has 0 unspecified atom stereocenters. The second-order valence-corrected chi connectivity index (χ2v) is 7.40. The summed E-state index contributed by atoms with van der Waals surface area (Å²) in [5.74, 6) is 0.567. The molecule has 0 aromatic carbocycles. The van der Waals surface area contributed by atoms with Crippen molar-refractivity contribution in [3.8, 4) is 0 Å². The Morgan fingerprint density at radius 1 is 1.45 bits per heavy atom. The van der Waals surface area contributed by atoms with E-state index in [9.17, 15) is 8.42 Å². The summed E-state index contributed by atoms with van der Waals surface area (Å²) in [4.78, 5) is 0.132. The number of sulfonamides is 1. The van der Waals surface area contributed by atoms with Crippen LogP contribution in [-0.4, -0.2) is 22.0 Å². The van der Waals surface area contributed by atoms with E-state index in [0.29, 0.717) is 25.3 Å². The molecule has 8 heteroatoms. The lowest BCUT2D eigenvalue weighted by Gasteiger charge is -2.04. The van der Waals surface area contributed by atoms with Crippen molar-refractivity contribution in [3.63, 3.8) is 0 Å². The van der Waals surface area contributed by atoms with Gasteiger partial charge in [0, 0.05) is 12.6 Å². The summed E-state index contributed by atoms with van der Waals surface area (Å²) >= 11 is 4.74. The van der Waals surface area contributed by atoms with Crippen LogP contribution in [0.25, 0.3) is 0 Å². The van der Waals surface area contributed by atoms with Gasteiger partial charge in [0.2, 0.25) is 10.0 Å². The monoisotopic (exact) mass is 378 g/mol. The molecule has 2 N–H and O–H groups in total. The molecule has 0 amide bonds. The fourth-order valence-electron chi connectivity index (χ4n) is 1.68. The zero-order chi connectivity index (χ0) is 14.6. The first-order valence-corrected chi connectivity index (χ1v) is 9.18. The minimum atomic E-state index is -3.56. The fraction of sp³-hybridized carbons (Fsp3) is 0.333. The van der Waals surface area contributed by atoms with E-state index in [1.54, 1.807) is 18.4 Å². The predicted molar refractivity (Wildman–Crippen MR) is 82.4 cm³/mol. The SMILES string of the molecule is CNCc1cc(S(=O)(=O)NCCc2ccsc2)c(Br)o1. The second-order valence-electron chi connectivity index (χ2n) is 4.16. The lowest BCUT2D eigenvalue weighted by atomic mass is 10.2. The van der Waals surface area contributed by atoms with E-state index in [2.05, 4.69) is 26.0 Å². The Morgan fingerprint density at radius 2 is 2.25 bits per heavy atom. The van der Waals surface area contributed by atoms with Crippen LogP contribution in [0, 0.1) is 0 Å². The van der Waals surface area contributed by atoms with Crippen LogP contribution in [0.4, 0.5) is 0 Å². The van der Waals surface area contributed by atoms with Gasteiger partial charge in [0.1, 0.15) is 10.7 Å². The lowest BCUT2D eigenvalue weighted by Crippen LogP contribution is -2.25. The average Bonchev–Trinajstić information content (AvgIpc) is 2.99. The smallest absolute Gasteiger partial charge is 0.244 e. The van der Waals surface area contributed by atoms with Crippen molar-refractivity contribution in [2.75, 3.05) is 13.6 Å². The van der Waals surface area contributed by atoms with E-state index < -0.39 is 10.0 Å². The highest BCUT2D eigenvalue weighted by molar-refractivity contribution is 9.10. The quantitative estimate of drug-likeness (QED) is 0.775. The van der Waals surface area contributed by atoms with Gasteiger partial charge in [-0.05, 0) is 51.8 Å². The molecule has 0 bridgehead atoms. The molecule has 0 aliphatic rings. The van der Waals surface area contributed by atoms with Crippen molar-refractivity contribution in [2.45, 2.75) is 17.9 Å². The Bertz CT molecular complexity index is 650. The molecule has 0 saturated heterocycles. The minimum Gasteiger partial charge on any atom is -0.452 e. The van der Waals surface area contributed by atoms with Gasteiger partial charge in [-0.2, -0.15) is 11.3 Å². The Labute approximate surface area is 130 Å². The third-order valence-electron chi connectivity index (χ3n) is 2.63. The normalized spacial score (nSPS) is 11.9. The first-order chi connectivity index (χ1) is 9.53. The molecular formula is C12H15BrN2O3S2. The second kappa shape index (κ2) is 6.86. The molecule has 110 valence electrons. The molecule has 0 saturated carbocycles. The Kier molecular flexibility index (Phi) is 5.39. The molecule has 5 nitrogen and oxygen atoms in total. The number of hydrogen-bond donors (Lipinski definition) is 2. The molecule has 0 aliphatic heterocycles. The van der Waals surface area contributed by atoms with Gasteiger partial charge in [0.05, 0.1) is 6.54 Å². The molecule has 0 aliphatic carbocycles. The third kappa shape index (κ3) is 3.92. The highest BCUT2D eigenvalue weighted by Crippen LogP contribution is 2.25. The summed E-state index contributed by atoms with van der Waals surface area (Å²) in [7, 11) is -1.79. The summed E-state index contributed by atoms with van der Waals surface area (Å²) in [5.41, 5.74) is 1.12. The van der Waals surface area contributed by atoms with Gasteiger partial charge in [0.25, 0.3) is 0 Å². The van der Waals surface area contributed by atoms with E-state index in [-0.39, 0.29) is 9.56 Å². The maximum atomic E-state index is 12.2. The zero-order valence-corrected chi connectivity index (χ0v) is 14.1. The van der Waals surface area contributed by atoms with Gasteiger partial charge in [-0.3, -0.25) is 0 Å². The van der Waals surface area contributed by atoms with E-state index in [0.717, 1.165) is 5.56 Å². The third-order valence-corrected chi connectivity index (χ3v) is 5.68. The topological polar surface area (TPSA) is 71.3 Å². The number of rotatable bonds is 7. The van der Waals surface area contributed by atoms with Crippen molar-refractivity contribution < 1.29 is 12.8 Å². The molecule has 2 aromatic heterocycles. The Hall–Kier alpha value is -0.670. The van der Waals surface area contributed by atoms with Crippen LogP contribution in [-0.2, 0) is 23.0 Å². The number of furan rings is 1. The van der Waals surface area contributed by atoms with Crippen LogP contribution in [0.3, 0.4) is 0 Å². The summed E-state index contributed by atoms with van der Waals surface area (Å²) in [6, 6.07) is 3.51. The molecule has 2 rings (SSSR count). The van der Waals surface area contributed by atoms with Crippen molar-refractivity contribution in [3.05, 3.63) is 38.9 Å². The molecular weight excluding hydrogens is 364 g/mol. The van der Waals surface area contributed by atoms with Gasteiger partial charge in [-0.15, -0.1) is 0 Å². The predicted octanol–water partition coefficient (Wildman–Crippen LogP) is 2.34. The van der Waals surface area contributed by atoms with Crippen molar-refractivity contribution in [1.82, 2.24) is 10.0 Å². The van der Waals surface area contributed by atoms with Gasteiger partial charge >= 0.3 is 0 Å². The number of thiophene rings is 1. The summed E-state index contributed by atoms with van der Waals surface area (Å²) in [6.45, 7) is 0.834. The summed E-state index contributed by atoms with van der Waals surface area (Å²) in [5, 5.41) is 6.89. The van der Waals surface area contributed by atoms with Crippen LogP contribution in [0.1, 0.15) is 11.3 Å². The van der Waals surface area contributed by atoms with E-state index in [1.165, 1.54) is 6.07 Å². The molecule has 0 radical (unpaired) electrons. The first kappa shape index (κ1) is 15.7. The van der Waals surface area contributed by atoms with Gasteiger partial charge < -0.3 is 9.73 Å². The van der Waals surface area contributed by atoms with Crippen molar-refractivity contribution in [2.24, 2.45) is 0 Å². The van der Waals surface area contributed by atoms with Crippen LogP contribution >= 0.6 is 27.3 Å². The van der Waals surface area contributed by atoms with Crippen LogP contribution < -0.4 is 10.0 Å². The zero-order valence-electron chi connectivity index (χ0n) is 10.8. The Morgan fingerprint density at radius 3 is 2.90 bits per heavy atom. The van der Waals surface area contributed by atoms with Crippen LogP contribution in [0.15, 0.2) is 36.9 Å². The Balaban J connectivity index is 2.02. The van der Waals surface area contributed by atoms with Crippen LogP contribution in [0.2, 0.25) is 0 Å². The van der Waals surface area contributed by atoms with Crippen LogP contribution in [0.5, 0.6) is 0 Å². The fourth-order valence-corrected chi connectivity index (χ4v) is 4.42. The number of nitrogens with one attached hydrogen (secondary N) is 2. The average molecular weight is 379 g/mol. The first-order valence-electron chi connectivity index (χ1n) is 5.96. The van der Waals surface area contributed by atoms with E-state index in [1.807, 2.05) is 16.8 Å². The number of hydrogen-bond acceptors (Lipinski definition) is 5. The maximum Gasteiger partial charge on any atom is 0.244 e. The largest absolute Gasteiger partial charge is 0.452 e. The lowest BCUT2D eigenvalue weighted by molar-refractivity contribution is 0.470. The summed E-state index contributed by atoms with van der Waals surface area (Å²) in [6.07, 6.45) is 0.668. The minimum absolute atomic E-state index is 0.132. The standard InChI is InChI=1S/C12H15BrN2O3S2/c1-14-7-10-6-11(12(13)18-10)20(16,17)15-4-2-9-3-5-19-8-9/h3,5-6,8,14-15H,2,4,7H2,1H3. The van der Waals surface area contributed by atoms with E-state index >= 15 is 0 Å². The van der Waals surface area contributed by atoms with Gasteiger partial charge in [0.15, 0.2) is 4.67 Å². The molecule has 2 aromatic rings. The van der Waals surface area contributed by atoms with Crippen molar-refractivity contribution in [1.29, 1.82) is 0 Å².